The fourth-order valence-corrected chi connectivity index (χ4v) is 5.50. The minimum atomic E-state index is -1.41. The van der Waals surface area contributed by atoms with Gasteiger partial charge in [-0.1, -0.05) is 0 Å². The predicted molar refractivity (Wildman–Crippen MR) is 139 cm³/mol. The van der Waals surface area contributed by atoms with E-state index in [-0.39, 0.29) is 11.7 Å². The van der Waals surface area contributed by atoms with Gasteiger partial charge in [0, 0.05) is 39.0 Å². The lowest BCUT2D eigenvalue weighted by Crippen LogP contribution is -2.42. The van der Waals surface area contributed by atoms with Crippen molar-refractivity contribution in [3.8, 4) is 0 Å². The Balaban J connectivity index is 1.16. The number of likely N-dealkylation sites (tertiary alicyclic amines) is 1. The van der Waals surface area contributed by atoms with E-state index in [1.807, 2.05) is 0 Å². The predicted octanol–water partition coefficient (Wildman–Crippen LogP) is -0.776. The van der Waals surface area contributed by atoms with Crippen LogP contribution in [0.5, 0.6) is 0 Å². The third kappa shape index (κ3) is 5.67. The van der Waals surface area contributed by atoms with Crippen LogP contribution >= 0.6 is 0 Å². The number of rotatable bonds is 8. The molecule has 5 rings (SSSR count). The van der Waals surface area contributed by atoms with Crippen LogP contribution in [-0.2, 0) is 25.5 Å². The maximum absolute atomic E-state index is 12.4. The number of piperidine rings is 1. The van der Waals surface area contributed by atoms with Crippen molar-refractivity contribution in [1.29, 1.82) is 0 Å². The van der Waals surface area contributed by atoms with Crippen LogP contribution in [0.4, 0.5) is 10.6 Å². The van der Waals surface area contributed by atoms with Crippen molar-refractivity contribution in [2.75, 3.05) is 31.9 Å². The van der Waals surface area contributed by atoms with Gasteiger partial charge in [0.25, 0.3) is 11.8 Å². The van der Waals surface area contributed by atoms with Gasteiger partial charge in [-0.15, -0.1) is 0 Å². The first kappa shape index (κ1) is 28.0. The molecule has 40 heavy (non-hydrogen) atoms. The molecular formula is C25H36N8O7. The standard InChI is InChI=1S/C25H36N8O7/c1-2-27-23(37)19-17(34)18(35)24(40-19)33-12-29-16-20(26)30-15(31-21(16)33)5-3-4-13-7-10-32(11-8-13)25(38)39-14-6-9-28-22(14)36/h12-14,17-19,24,34-35H,2-11H2,1H3,(H,27,37)(H,28,36)(H2,26,30,31)/t14?,17-,18?,19+,24-/m1/s1. The first-order valence-corrected chi connectivity index (χ1v) is 13.8. The number of nitrogens with two attached hydrogens (primary N) is 1. The van der Waals surface area contributed by atoms with Crippen LogP contribution in [0.2, 0.25) is 0 Å². The number of anilines is 1. The molecule has 3 saturated heterocycles. The third-order valence-corrected chi connectivity index (χ3v) is 7.74. The van der Waals surface area contributed by atoms with Gasteiger partial charge >= 0.3 is 6.09 Å². The number of nitrogens with zero attached hydrogens (tertiary/aromatic N) is 5. The highest BCUT2D eigenvalue weighted by Gasteiger charge is 2.47. The number of nitrogens with one attached hydrogen (secondary N) is 2. The molecule has 2 aromatic heterocycles. The number of imidazole rings is 1. The van der Waals surface area contributed by atoms with Gasteiger partial charge in [0.05, 0.1) is 6.33 Å². The van der Waals surface area contributed by atoms with Crippen LogP contribution in [0, 0.1) is 5.92 Å². The molecule has 0 aromatic carbocycles. The van der Waals surface area contributed by atoms with Crippen LogP contribution in [0.3, 0.4) is 0 Å². The Hall–Kier alpha value is -3.56. The highest BCUT2D eigenvalue weighted by molar-refractivity contribution is 5.85. The van der Waals surface area contributed by atoms with Crippen molar-refractivity contribution in [2.24, 2.45) is 5.92 Å². The molecule has 0 saturated carbocycles. The molecule has 3 aliphatic heterocycles. The Kier molecular flexibility index (Phi) is 8.32. The average Bonchev–Trinajstić information content (AvgIpc) is 3.62. The van der Waals surface area contributed by atoms with Crippen molar-refractivity contribution in [1.82, 2.24) is 35.1 Å². The fourth-order valence-electron chi connectivity index (χ4n) is 5.50. The maximum Gasteiger partial charge on any atom is 0.410 e. The zero-order valence-corrected chi connectivity index (χ0v) is 22.4. The smallest absolute Gasteiger partial charge is 0.410 e. The summed E-state index contributed by atoms with van der Waals surface area (Å²) in [4.78, 5) is 51.2. The summed E-state index contributed by atoms with van der Waals surface area (Å²) in [6.07, 6.45) is -0.353. The minimum absolute atomic E-state index is 0.190. The lowest BCUT2D eigenvalue weighted by molar-refractivity contribution is -0.137. The molecule has 3 aliphatic rings. The van der Waals surface area contributed by atoms with E-state index in [0.717, 1.165) is 25.7 Å². The quantitative estimate of drug-likeness (QED) is 0.271. The number of ether oxygens (including phenoxy) is 2. The van der Waals surface area contributed by atoms with Gasteiger partial charge < -0.3 is 41.0 Å². The Bertz CT molecular complexity index is 1250. The van der Waals surface area contributed by atoms with Gasteiger partial charge in [-0.05, 0) is 38.5 Å². The Morgan fingerprint density at radius 1 is 1.23 bits per heavy atom. The van der Waals surface area contributed by atoms with Gasteiger partial charge in [-0.25, -0.2) is 19.7 Å². The maximum atomic E-state index is 12.4. The van der Waals surface area contributed by atoms with Crippen LogP contribution < -0.4 is 16.4 Å². The van der Waals surface area contributed by atoms with E-state index in [1.165, 1.54) is 10.9 Å². The summed E-state index contributed by atoms with van der Waals surface area (Å²) in [7, 11) is 0. The number of aliphatic hydroxyl groups is 2. The summed E-state index contributed by atoms with van der Waals surface area (Å²) < 4.78 is 12.5. The van der Waals surface area contributed by atoms with E-state index < -0.39 is 42.6 Å². The summed E-state index contributed by atoms with van der Waals surface area (Å²) in [6, 6.07) is 0. The number of hydrogen-bond donors (Lipinski definition) is 5. The number of aliphatic hydroxyl groups excluding tert-OH is 2. The summed E-state index contributed by atoms with van der Waals surface area (Å²) in [5, 5.41) is 26.3. The van der Waals surface area contributed by atoms with E-state index in [4.69, 9.17) is 15.2 Å². The highest BCUT2D eigenvalue weighted by atomic mass is 16.6. The highest BCUT2D eigenvalue weighted by Crippen LogP contribution is 2.32. The van der Waals surface area contributed by atoms with Gasteiger partial charge in [0.15, 0.2) is 29.9 Å². The van der Waals surface area contributed by atoms with E-state index in [1.54, 1.807) is 11.8 Å². The fraction of sp³-hybridized carbons (Fsp3) is 0.680. The van der Waals surface area contributed by atoms with Crippen molar-refractivity contribution in [3.05, 3.63) is 12.2 Å². The monoisotopic (exact) mass is 560 g/mol. The lowest BCUT2D eigenvalue weighted by Gasteiger charge is -2.31. The molecule has 3 amide bonds. The molecular weight excluding hydrogens is 524 g/mol. The molecule has 218 valence electrons. The minimum Gasteiger partial charge on any atom is -0.436 e. The number of fused-ring (bicyclic) bond motifs is 1. The number of carbonyl (C=O) groups excluding carboxylic acids is 3. The van der Waals surface area contributed by atoms with Crippen molar-refractivity contribution in [3.63, 3.8) is 0 Å². The largest absolute Gasteiger partial charge is 0.436 e. The number of aryl methyl sites for hydroxylation is 1. The van der Waals surface area contributed by atoms with E-state index in [9.17, 15) is 24.6 Å². The molecule has 2 aromatic rings. The number of amides is 3. The lowest BCUT2D eigenvalue weighted by atomic mass is 9.91. The Labute approximate surface area is 230 Å². The zero-order valence-electron chi connectivity index (χ0n) is 22.4. The molecule has 6 N–H and O–H groups in total. The number of nitrogen functional groups attached to an aromatic ring is 1. The van der Waals surface area contributed by atoms with E-state index in [2.05, 4.69) is 25.6 Å². The van der Waals surface area contributed by atoms with E-state index >= 15 is 0 Å². The zero-order chi connectivity index (χ0) is 28.4. The van der Waals surface area contributed by atoms with Gasteiger partial charge in [-0.3, -0.25) is 14.2 Å². The normalized spacial score (nSPS) is 27.2. The molecule has 5 heterocycles. The first-order valence-electron chi connectivity index (χ1n) is 13.8. The van der Waals surface area contributed by atoms with E-state index in [0.29, 0.717) is 61.9 Å². The van der Waals surface area contributed by atoms with Crippen molar-refractivity contribution in [2.45, 2.75) is 76.1 Å². The van der Waals surface area contributed by atoms with Gasteiger partial charge in [0.1, 0.15) is 23.5 Å². The van der Waals surface area contributed by atoms with Crippen LogP contribution in [0.1, 0.15) is 51.1 Å². The van der Waals surface area contributed by atoms with Crippen LogP contribution in [0.15, 0.2) is 6.33 Å². The third-order valence-electron chi connectivity index (χ3n) is 7.74. The molecule has 0 spiro atoms. The number of hydrogen-bond acceptors (Lipinski definition) is 11. The number of aromatic nitrogens is 4. The second-order valence-corrected chi connectivity index (χ2v) is 10.4. The topological polar surface area (TPSA) is 207 Å². The Morgan fingerprint density at radius 3 is 2.70 bits per heavy atom. The van der Waals surface area contributed by atoms with Crippen LogP contribution in [-0.4, -0.2) is 103 Å². The van der Waals surface area contributed by atoms with Crippen molar-refractivity contribution >= 4 is 34.9 Å². The average molecular weight is 561 g/mol. The molecule has 0 bridgehead atoms. The molecule has 15 heteroatoms. The molecule has 2 unspecified atom stereocenters. The number of likely N-dealkylation sites (N-methyl/N-ethyl adjacent to an activating group) is 1. The molecule has 0 aliphatic carbocycles. The Morgan fingerprint density at radius 2 is 2.00 bits per heavy atom. The summed E-state index contributed by atoms with van der Waals surface area (Å²) in [6.45, 7) is 3.80. The van der Waals surface area contributed by atoms with Crippen LogP contribution in [0.25, 0.3) is 11.2 Å². The van der Waals surface area contributed by atoms with Gasteiger partial charge in [-0.2, -0.15) is 0 Å². The summed E-state index contributed by atoms with van der Waals surface area (Å²) in [5.74, 6) is 0.381. The summed E-state index contributed by atoms with van der Waals surface area (Å²) >= 11 is 0. The first-order chi connectivity index (χ1) is 19.3. The molecule has 5 atom stereocenters. The second kappa shape index (κ2) is 11.9. The van der Waals surface area contributed by atoms with Gasteiger partial charge in [0.2, 0.25) is 0 Å². The molecule has 3 fully saturated rings. The number of carbonyl (C=O) groups is 3. The SMILES string of the molecule is CCNC(=O)[C@H]1O[C@@H](n2cnc3c(N)nc(CCCC4CCN(C(=O)OC5CCNC5=O)CC4)nc32)C(O)[C@H]1O. The van der Waals surface area contributed by atoms with Crippen molar-refractivity contribution < 1.29 is 34.1 Å². The molecule has 15 nitrogen and oxygen atoms in total. The summed E-state index contributed by atoms with van der Waals surface area (Å²) in [5.41, 5.74) is 6.84. The second-order valence-electron chi connectivity index (χ2n) is 10.4. The molecule has 0 radical (unpaired) electrons.